The number of imide groups is 1. The quantitative estimate of drug-likeness (QED) is 0.734. The van der Waals surface area contributed by atoms with E-state index in [4.69, 9.17) is 0 Å². The molecular weight excluding hydrogens is 216 g/mol. The first-order chi connectivity index (χ1) is 8.25. The van der Waals surface area contributed by atoms with Crippen molar-refractivity contribution >= 4 is 23.2 Å². The van der Waals surface area contributed by atoms with Gasteiger partial charge in [0.05, 0.1) is 17.5 Å². The number of anilines is 2. The van der Waals surface area contributed by atoms with Gasteiger partial charge in [-0.1, -0.05) is 0 Å². The monoisotopic (exact) mass is 228 g/mol. The van der Waals surface area contributed by atoms with Crippen molar-refractivity contribution in [3.8, 4) is 0 Å². The molecule has 1 saturated carbocycles. The van der Waals surface area contributed by atoms with Crippen LogP contribution in [0.5, 0.6) is 0 Å². The number of amides is 2. The van der Waals surface area contributed by atoms with Crippen LogP contribution >= 0.6 is 0 Å². The number of benzene rings is 1. The summed E-state index contributed by atoms with van der Waals surface area (Å²) in [7, 11) is 0. The van der Waals surface area contributed by atoms with Crippen molar-refractivity contribution < 1.29 is 9.59 Å². The van der Waals surface area contributed by atoms with Crippen molar-refractivity contribution in [3.05, 3.63) is 23.8 Å². The minimum atomic E-state index is -0.0196. The van der Waals surface area contributed by atoms with Crippen molar-refractivity contribution in [2.24, 2.45) is 11.8 Å². The second-order valence-electron chi connectivity index (χ2n) is 4.98. The van der Waals surface area contributed by atoms with E-state index in [9.17, 15) is 9.59 Å². The Labute approximate surface area is 98.6 Å². The van der Waals surface area contributed by atoms with Crippen LogP contribution in [0, 0.1) is 11.8 Å². The summed E-state index contributed by atoms with van der Waals surface area (Å²) in [4.78, 5) is 25.3. The molecule has 0 radical (unpaired) electrons. The van der Waals surface area contributed by atoms with Crippen molar-refractivity contribution in [1.82, 2.24) is 0 Å². The van der Waals surface area contributed by atoms with E-state index in [0.29, 0.717) is 0 Å². The van der Waals surface area contributed by atoms with Crippen molar-refractivity contribution in [3.63, 3.8) is 0 Å². The molecule has 4 heteroatoms. The number of nitrogens with zero attached hydrogens (tertiary/aromatic N) is 1. The first-order valence-corrected chi connectivity index (χ1v) is 6.00. The zero-order valence-corrected chi connectivity index (χ0v) is 9.27. The van der Waals surface area contributed by atoms with E-state index < -0.39 is 0 Å². The lowest BCUT2D eigenvalue weighted by molar-refractivity contribution is -0.123. The highest BCUT2D eigenvalue weighted by Crippen LogP contribution is 2.48. The van der Waals surface area contributed by atoms with E-state index >= 15 is 0 Å². The molecule has 86 valence electrons. The zero-order chi connectivity index (χ0) is 11.6. The molecule has 2 heterocycles. The lowest BCUT2D eigenvalue weighted by atomic mass is 10.1. The molecule has 17 heavy (non-hydrogen) atoms. The molecular formula is C13H12N2O2. The number of nitrogens with one attached hydrogen (secondary N) is 1. The molecule has 1 N–H and O–H groups in total. The Morgan fingerprint density at radius 3 is 2.71 bits per heavy atom. The lowest BCUT2D eigenvalue weighted by Gasteiger charge is -2.17. The Morgan fingerprint density at radius 1 is 1.18 bits per heavy atom. The van der Waals surface area contributed by atoms with Crippen LogP contribution < -0.4 is 10.2 Å². The molecule has 2 atom stereocenters. The number of piperidine rings is 1. The van der Waals surface area contributed by atoms with Crippen molar-refractivity contribution in [1.29, 1.82) is 0 Å². The number of carbonyl (C=O) groups is 2. The molecule has 0 aromatic heterocycles. The predicted molar refractivity (Wildman–Crippen MR) is 62.7 cm³/mol. The molecule has 2 unspecified atom stereocenters. The predicted octanol–water partition coefficient (Wildman–Crippen LogP) is 1.16. The first kappa shape index (κ1) is 9.22. The normalized spacial score (nSPS) is 29.1. The summed E-state index contributed by atoms with van der Waals surface area (Å²) in [5.74, 6) is -0.0560. The van der Waals surface area contributed by atoms with Crippen molar-refractivity contribution in [2.45, 2.75) is 12.8 Å². The molecule has 1 aromatic carbocycles. The molecule has 4 nitrogen and oxygen atoms in total. The SMILES string of the molecule is O=C1C2CC2C(=O)N1c1ccc2c(c1)CCN2. The average Bonchev–Trinajstić information content (AvgIpc) is 2.93. The van der Waals surface area contributed by atoms with Gasteiger partial charge in [-0.15, -0.1) is 0 Å². The summed E-state index contributed by atoms with van der Waals surface area (Å²) in [6, 6.07) is 5.79. The minimum absolute atomic E-state index is 0.00842. The fourth-order valence-electron chi connectivity index (χ4n) is 2.87. The summed E-state index contributed by atoms with van der Waals surface area (Å²) in [5.41, 5.74) is 3.07. The van der Waals surface area contributed by atoms with Crippen LogP contribution in [0.15, 0.2) is 18.2 Å². The third-order valence-corrected chi connectivity index (χ3v) is 3.92. The van der Waals surface area contributed by atoms with Gasteiger partial charge in [0.15, 0.2) is 0 Å². The lowest BCUT2D eigenvalue weighted by Crippen LogP contribution is -2.32. The van der Waals surface area contributed by atoms with Gasteiger partial charge in [0, 0.05) is 12.2 Å². The number of rotatable bonds is 1. The van der Waals surface area contributed by atoms with Gasteiger partial charge in [-0.05, 0) is 36.6 Å². The summed E-state index contributed by atoms with van der Waals surface area (Å²) in [6.07, 6.45) is 1.73. The Balaban J connectivity index is 1.75. The van der Waals surface area contributed by atoms with Gasteiger partial charge in [0.1, 0.15) is 0 Å². The van der Waals surface area contributed by atoms with Gasteiger partial charge in [-0.25, -0.2) is 0 Å². The third-order valence-electron chi connectivity index (χ3n) is 3.92. The van der Waals surface area contributed by atoms with Crippen LogP contribution in [0.1, 0.15) is 12.0 Å². The second-order valence-corrected chi connectivity index (χ2v) is 4.98. The fourth-order valence-corrected chi connectivity index (χ4v) is 2.87. The Morgan fingerprint density at radius 2 is 1.94 bits per heavy atom. The van der Waals surface area contributed by atoms with Crippen LogP contribution in [-0.4, -0.2) is 18.4 Å². The standard InChI is InChI=1S/C13H12N2O2/c16-12-9-6-10(9)13(17)15(12)8-1-2-11-7(5-8)3-4-14-11/h1-2,5,9-10,14H,3-4,6H2. The van der Waals surface area contributed by atoms with Gasteiger partial charge < -0.3 is 5.32 Å². The van der Waals surface area contributed by atoms with Crippen LogP contribution in [0.2, 0.25) is 0 Å². The van der Waals surface area contributed by atoms with Gasteiger partial charge in [-0.2, -0.15) is 0 Å². The van der Waals surface area contributed by atoms with Crippen LogP contribution in [0.25, 0.3) is 0 Å². The van der Waals surface area contributed by atoms with Crippen LogP contribution in [0.3, 0.4) is 0 Å². The fraction of sp³-hybridized carbons (Fsp3) is 0.385. The smallest absolute Gasteiger partial charge is 0.237 e. The molecule has 1 aliphatic carbocycles. The average molecular weight is 228 g/mol. The second kappa shape index (κ2) is 2.88. The number of carbonyl (C=O) groups excluding carboxylic acids is 2. The molecule has 0 spiro atoms. The molecule has 4 rings (SSSR count). The topological polar surface area (TPSA) is 49.4 Å². The number of fused-ring (bicyclic) bond motifs is 2. The summed E-state index contributed by atoms with van der Waals surface area (Å²) in [5, 5.41) is 3.27. The molecule has 3 aliphatic rings. The van der Waals surface area contributed by atoms with Gasteiger partial charge >= 0.3 is 0 Å². The number of hydrogen-bond donors (Lipinski definition) is 1. The highest BCUT2D eigenvalue weighted by Gasteiger charge is 2.59. The molecule has 1 saturated heterocycles. The Kier molecular flexibility index (Phi) is 1.56. The molecule has 2 amide bonds. The summed E-state index contributed by atoms with van der Waals surface area (Å²) >= 11 is 0. The Hall–Kier alpha value is -1.84. The van der Waals surface area contributed by atoms with E-state index in [1.807, 2.05) is 18.2 Å². The summed E-state index contributed by atoms with van der Waals surface area (Å²) < 4.78 is 0. The zero-order valence-electron chi connectivity index (χ0n) is 9.27. The van der Waals surface area contributed by atoms with E-state index in [-0.39, 0.29) is 23.7 Å². The third kappa shape index (κ3) is 1.12. The molecule has 0 bridgehead atoms. The van der Waals surface area contributed by atoms with Gasteiger partial charge in [0.25, 0.3) is 0 Å². The van der Waals surface area contributed by atoms with E-state index in [2.05, 4.69) is 5.32 Å². The highest BCUT2D eigenvalue weighted by molar-refractivity contribution is 6.24. The first-order valence-electron chi connectivity index (χ1n) is 6.00. The molecule has 2 aliphatic heterocycles. The highest BCUT2D eigenvalue weighted by atomic mass is 16.2. The molecule has 2 fully saturated rings. The largest absolute Gasteiger partial charge is 0.384 e. The van der Waals surface area contributed by atoms with E-state index in [1.54, 1.807) is 0 Å². The molecule has 1 aromatic rings. The van der Waals surface area contributed by atoms with E-state index in [1.165, 1.54) is 10.5 Å². The minimum Gasteiger partial charge on any atom is -0.384 e. The van der Waals surface area contributed by atoms with Crippen LogP contribution in [0.4, 0.5) is 11.4 Å². The maximum absolute atomic E-state index is 11.9. The van der Waals surface area contributed by atoms with Gasteiger partial charge in [-0.3, -0.25) is 14.5 Å². The van der Waals surface area contributed by atoms with Crippen molar-refractivity contribution in [2.75, 3.05) is 16.8 Å². The number of hydrogen-bond acceptors (Lipinski definition) is 3. The van der Waals surface area contributed by atoms with Crippen LogP contribution in [-0.2, 0) is 16.0 Å². The maximum atomic E-state index is 11.9. The summed E-state index contributed by atoms with van der Waals surface area (Å²) in [6.45, 7) is 0.936. The van der Waals surface area contributed by atoms with Gasteiger partial charge in [0.2, 0.25) is 11.8 Å². The Bertz CT molecular complexity index is 532. The maximum Gasteiger partial charge on any atom is 0.237 e. The van der Waals surface area contributed by atoms with E-state index in [0.717, 1.165) is 30.8 Å².